The van der Waals surface area contributed by atoms with Crippen molar-refractivity contribution in [2.24, 2.45) is 5.41 Å². The van der Waals surface area contributed by atoms with Gasteiger partial charge in [0.1, 0.15) is 5.75 Å². The molecule has 0 unspecified atom stereocenters. The molecule has 0 aromatic heterocycles. The summed E-state index contributed by atoms with van der Waals surface area (Å²) in [6.45, 7) is 9.41. The number of hydrogen-bond donors (Lipinski definition) is 1. The number of fused-ring (bicyclic) bond motifs is 1. The van der Waals surface area contributed by atoms with Gasteiger partial charge in [-0.15, -0.1) is 0 Å². The molecule has 0 amide bonds. The quantitative estimate of drug-likeness (QED) is 0.281. The lowest BCUT2D eigenvalue weighted by molar-refractivity contribution is -0.143. The van der Waals surface area contributed by atoms with Gasteiger partial charge in [0.15, 0.2) is 0 Å². The van der Waals surface area contributed by atoms with Crippen molar-refractivity contribution >= 4 is 17.6 Å². The number of carboxylic acid groups (broad SMARTS) is 1. The molecule has 0 fully saturated rings. The van der Waals surface area contributed by atoms with Gasteiger partial charge in [0.2, 0.25) is 0 Å². The van der Waals surface area contributed by atoms with Crippen molar-refractivity contribution in [2.75, 3.05) is 11.4 Å². The van der Waals surface area contributed by atoms with E-state index in [2.05, 4.69) is 42.2 Å². The molecule has 0 heterocycles. The van der Waals surface area contributed by atoms with E-state index in [0.29, 0.717) is 11.7 Å². The smallest absolute Gasteiger partial charge is 0.316 e. The van der Waals surface area contributed by atoms with Crippen molar-refractivity contribution in [3.8, 4) is 5.75 Å². The number of hydrogen-bond acceptors (Lipinski definition) is 4. The van der Waals surface area contributed by atoms with E-state index in [1.165, 1.54) is 22.4 Å². The lowest BCUT2D eigenvalue weighted by Gasteiger charge is -2.31. The topological polar surface area (TPSA) is 66.8 Å². The molecule has 0 spiro atoms. The molecule has 0 aliphatic heterocycles. The van der Waals surface area contributed by atoms with Crippen LogP contribution in [0, 0.1) is 5.41 Å². The number of benzene rings is 3. The highest BCUT2D eigenvalue weighted by Gasteiger charge is 2.26. The maximum atomic E-state index is 12.3. The van der Waals surface area contributed by atoms with E-state index in [4.69, 9.17) is 9.84 Å². The monoisotopic (exact) mass is 499 g/mol. The first-order valence-electron chi connectivity index (χ1n) is 13.1. The molecule has 1 atom stereocenters. The maximum Gasteiger partial charge on any atom is 0.316 e. The van der Waals surface area contributed by atoms with Crippen molar-refractivity contribution in [1.29, 1.82) is 0 Å². The van der Waals surface area contributed by atoms with E-state index < -0.39 is 11.4 Å². The SMILES string of the molecule is CCN(Cc1ccc(CC(=O)O)cc1)c1ccccc1[C@@H]1CCc2cc(OC(=O)C(C)(C)C)ccc2C1. The second-order valence-corrected chi connectivity index (χ2v) is 11.0. The Bertz CT molecular complexity index is 1260. The summed E-state index contributed by atoms with van der Waals surface area (Å²) in [7, 11) is 0. The van der Waals surface area contributed by atoms with E-state index in [0.717, 1.165) is 43.5 Å². The van der Waals surface area contributed by atoms with Crippen LogP contribution >= 0.6 is 0 Å². The first-order chi connectivity index (χ1) is 17.6. The van der Waals surface area contributed by atoms with Crippen molar-refractivity contribution < 1.29 is 19.4 Å². The zero-order valence-corrected chi connectivity index (χ0v) is 22.3. The van der Waals surface area contributed by atoms with Crippen LogP contribution in [0.1, 0.15) is 67.9 Å². The number of aliphatic carboxylic acids is 1. The number of anilines is 1. The van der Waals surface area contributed by atoms with Gasteiger partial charge in [0.05, 0.1) is 11.8 Å². The third-order valence-corrected chi connectivity index (χ3v) is 7.08. The van der Waals surface area contributed by atoms with Crippen LogP contribution in [0.4, 0.5) is 5.69 Å². The van der Waals surface area contributed by atoms with Crippen molar-refractivity contribution in [3.63, 3.8) is 0 Å². The second-order valence-electron chi connectivity index (χ2n) is 11.0. The molecule has 1 N–H and O–H groups in total. The third-order valence-electron chi connectivity index (χ3n) is 7.08. The lowest BCUT2D eigenvalue weighted by Crippen LogP contribution is -2.26. The van der Waals surface area contributed by atoms with Gasteiger partial charge in [-0.05, 0) is 98.9 Å². The summed E-state index contributed by atoms with van der Waals surface area (Å²) in [5.74, 6) is 0.0158. The molecular weight excluding hydrogens is 462 g/mol. The Kier molecular flexibility index (Phi) is 8.01. The standard InChI is InChI=1S/C32H37NO4/c1-5-33(21-23-12-10-22(11-13-23)18-30(34)35)29-9-7-6-8-28(29)26-15-14-25-20-27(17-16-24(25)19-26)37-31(36)32(2,3)4/h6-13,16-17,20,26H,5,14-15,18-19,21H2,1-4H3,(H,34,35)/t26-/m1/s1. The molecule has 0 radical (unpaired) electrons. The van der Waals surface area contributed by atoms with Crippen LogP contribution in [0.3, 0.4) is 0 Å². The van der Waals surface area contributed by atoms with Crippen molar-refractivity contribution in [2.45, 2.75) is 65.8 Å². The van der Waals surface area contributed by atoms with E-state index in [1.807, 2.05) is 57.2 Å². The maximum absolute atomic E-state index is 12.3. The van der Waals surface area contributed by atoms with Gasteiger partial charge >= 0.3 is 11.9 Å². The first-order valence-corrected chi connectivity index (χ1v) is 13.1. The summed E-state index contributed by atoms with van der Waals surface area (Å²) in [6.07, 6.45) is 3.00. The Morgan fingerprint density at radius 1 is 0.973 bits per heavy atom. The predicted octanol–water partition coefficient (Wildman–Crippen LogP) is 6.56. The van der Waals surface area contributed by atoms with Crippen molar-refractivity contribution in [1.82, 2.24) is 0 Å². The highest BCUT2D eigenvalue weighted by Crippen LogP contribution is 2.39. The average Bonchev–Trinajstić information content (AvgIpc) is 2.87. The Labute approximate surface area is 220 Å². The fraction of sp³-hybridized carbons (Fsp3) is 0.375. The minimum atomic E-state index is -0.812. The Morgan fingerprint density at radius 2 is 1.68 bits per heavy atom. The minimum absolute atomic E-state index is 0.0459. The highest BCUT2D eigenvalue weighted by molar-refractivity contribution is 5.78. The minimum Gasteiger partial charge on any atom is -0.481 e. The van der Waals surface area contributed by atoms with Gasteiger partial charge in [0.25, 0.3) is 0 Å². The fourth-order valence-electron chi connectivity index (χ4n) is 4.97. The van der Waals surface area contributed by atoms with Gasteiger partial charge in [-0.2, -0.15) is 0 Å². The van der Waals surface area contributed by atoms with Gasteiger partial charge in [-0.3, -0.25) is 9.59 Å². The molecule has 5 heteroatoms. The van der Waals surface area contributed by atoms with Gasteiger partial charge in [0, 0.05) is 18.8 Å². The molecule has 1 aliphatic rings. The summed E-state index contributed by atoms with van der Waals surface area (Å²) in [5, 5.41) is 9.03. The molecule has 4 rings (SSSR count). The Morgan fingerprint density at radius 3 is 2.35 bits per heavy atom. The van der Waals surface area contributed by atoms with Crippen molar-refractivity contribution in [3.05, 3.63) is 94.5 Å². The van der Waals surface area contributed by atoms with Crippen LogP contribution in [0.5, 0.6) is 5.75 Å². The van der Waals surface area contributed by atoms with Crippen LogP contribution in [-0.4, -0.2) is 23.6 Å². The summed E-state index contributed by atoms with van der Waals surface area (Å²) in [6, 6.07) is 22.6. The molecule has 0 saturated carbocycles. The van der Waals surface area contributed by atoms with Crippen LogP contribution in [-0.2, 0) is 35.4 Å². The average molecular weight is 500 g/mol. The van der Waals surface area contributed by atoms with Crippen LogP contribution in [0.2, 0.25) is 0 Å². The van der Waals surface area contributed by atoms with Gasteiger partial charge in [-0.25, -0.2) is 0 Å². The zero-order chi connectivity index (χ0) is 26.6. The molecule has 0 saturated heterocycles. The summed E-state index contributed by atoms with van der Waals surface area (Å²) in [5.41, 5.74) is 6.65. The Balaban J connectivity index is 1.50. The third kappa shape index (κ3) is 6.59. The number of carboxylic acids is 1. The number of carbonyl (C=O) groups excluding carboxylic acids is 1. The number of nitrogens with zero attached hydrogens (tertiary/aromatic N) is 1. The normalized spacial score (nSPS) is 15.1. The highest BCUT2D eigenvalue weighted by atomic mass is 16.5. The number of aryl methyl sites for hydroxylation is 1. The van der Waals surface area contributed by atoms with E-state index in [9.17, 15) is 9.59 Å². The number of ether oxygens (including phenoxy) is 1. The molecular formula is C32H37NO4. The van der Waals surface area contributed by atoms with Crippen LogP contribution < -0.4 is 9.64 Å². The van der Waals surface area contributed by atoms with Gasteiger partial charge in [-0.1, -0.05) is 48.5 Å². The molecule has 3 aromatic rings. The molecule has 37 heavy (non-hydrogen) atoms. The first kappa shape index (κ1) is 26.5. The fourth-order valence-corrected chi connectivity index (χ4v) is 4.97. The molecule has 3 aromatic carbocycles. The molecule has 0 bridgehead atoms. The summed E-state index contributed by atoms with van der Waals surface area (Å²) >= 11 is 0. The molecule has 194 valence electrons. The van der Waals surface area contributed by atoms with Crippen LogP contribution in [0.25, 0.3) is 0 Å². The molecule has 1 aliphatic carbocycles. The van der Waals surface area contributed by atoms with Gasteiger partial charge < -0.3 is 14.7 Å². The largest absolute Gasteiger partial charge is 0.481 e. The Hall–Kier alpha value is -3.60. The number of para-hydroxylation sites is 1. The van der Waals surface area contributed by atoms with E-state index >= 15 is 0 Å². The van der Waals surface area contributed by atoms with Crippen LogP contribution in [0.15, 0.2) is 66.7 Å². The lowest BCUT2D eigenvalue weighted by atomic mass is 9.79. The van der Waals surface area contributed by atoms with E-state index in [1.54, 1.807) is 0 Å². The summed E-state index contributed by atoms with van der Waals surface area (Å²) < 4.78 is 5.63. The predicted molar refractivity (Wildman–Crippen MR) is 147 cm³/mol. The zero-order valence-electron chi connectivity index (χ0n) is 22.3. The number of esters is 1. The molecule has 5 nitrogen and oxygen atoms in total. The number of carbonyl (C=O) groups is 2. The van der Waals surface area contributed by atoms with E-state index in [-0.39, 0.29) is 12.4 Å². The number of rotatable bonds is 8. The summed E-state index contributed by atoms with van der Waals surface area (Å²) in [4.78, 5) is 25.7. The second kappa shape index (κ2) is 11.2.